The zero-order chi connectivity index (χ0) is 10.2. The fourth-order valence-corrected chi connectivity index (χ4v) is 0.973. The van der Waals surface area contributed by atoms with Gasteiger partial charge in [-0.15, -0.1) is 12.3 Å². The molecule has 0 saturated heterocycles. The SMILES string of the molecule is C#CCCCCC(=O)Nc1ncn[nH]1. The van der Waals surface area contributed by atoms with Crippen molar-refractivity contribution in [1.82, 2.24) is 15.2 Å². The summed E-state index contributed by atoms with van der Waals surface area (Å²) in [6.45, 7) is 0. The molecule has 0 atom stereocenters. The summed E-state index contributed by atoms with van der Waals surface area (Å²) in [5, 5.41) is 8.73. The molecule has 74 valence electrons. The Labute approximate surface area is 82.3 Å². The van der Waals surface area contributed by atoms with E-state index in [-0.39, 0.29) is 5.91 Å². The summed E-state index contributed by atoms with van der Waals surface area (Å²) in [6, 6.07) is 0. The summed E-state index contributed by atoms with van der Waals surface area (Å²) in [4.78, 5) is 15.0. The number of carbonyl (C=O) groups is 1. The van der Waals surface area contributed by atoms with E-state index in [1.165, 1.54) is 6.33 Å². The van der Waals surface area contributed by atoms with Gasteiger partial charge in [0, 0.05) is 12.8 Å². The second kappa shape index (κ2) is 5.75. The van der Waals surface area contributed by atoms with Crippen LogP contribution in [0.5, 0.6) is 0 Å². The first-order valence-corrected chi connectivity index (χ1v) is 4.41. The lowest BCUT2D eigenvalue weighted by Crippen LogP contribution is -2.12. The minimum atomic E-state index is -0.0706. The van der Waals surface area contributed by atoms with E-state index in [0.29, 0.717) is 12.4 Å². The molecule has 0 spiro atoms. The number of H-pyrrole nitrogens is 1. The molecule has 1 aromatic rings. The maximum Gasteiger partial charge on any atom is 0.226 e. The molecule has 0 aliphatic heterocycles. The molecule has 1 aromatic heterocycles. The lowest BCUT2D eigenvalue weighted by Gasteiger charge is -1.99. The van der Waals surface area contributed by atoms with Gasteiger partial charge in [-0.05, 0) is 12.8 Å². The number of aromatic nitrogens is 3. The molecule has 5 nitrogen and oxygen atoms in total. The minimum absolute atomic E-state index is 0.0706. The van der Waals surface area contributed by atoms with E-state index in [9.17, 15) is 4.79 Å². The second-order valence-electron chi connectivity index (χ2n) is 2.79. The van der Waals surface area contributed by atoms with Gasteiger partial charge in [0.15, 0.2) is 0 Å². The van der Waals surface area contributed by atoms with E-state index < -0.39 is 0 Å². The Bertz CT molecular complexity index is 312. The van der Waals surface area contributed by atoms with E-state index in [4.69, 9.17) is 6.42 Å². The Morgan fingerprint density at radius 1 is 1.64 bits per heavy atom. The molecule has 0 fully saturated rings. The molecule has 0 unspecified atom stereocenters. The van der Waals surface area contributed by atoms with Crippen molar-refractivity contribution in [3.8, 4) is 12.3 Å². The van der Waals surface area contributed by atoms with Crippen LogP contribution in [0, 0.1) is 12.3 Å². The number of rotatable bonds is 5. The van der Waals surface area contributed by atoms with Gasteiger partial charge in [-0.1, -0.05) is 0 Å². The summed E-state index contributed by atoms with van der Waals surface area (Å²) < 4.78 is 0. The van der Waals surface area contributed by atoms with Crippen molar-refractivity contribution >= 4 is 11.9 Å². The molecule has 0 saturated carbocycles. The number of hydrogen-bond donors (Lipinski definition) is 2. The maximum absolute atomic E-state index is 11.2. The Kier molecular flexibility index (Phi) is 4.21. The van der Waals surface area contributed by atoms with Gasteiger partial charge in [-0.3, -0.25) is 10.1 Å². The fraction of sp³-hybridized carbons (Fsp3) is 0.444. The van der Waals surface area contributed by atoms with Crippen molar-refractivity contribution < 1.29 is 4.79 Å². The molecular weight excluding hydrogens is 180 g/mol. The van der Waals surface area contributed by atoms with Gasteiger partial charge < -0.3 is 0 Å². The number of aromatic amines is 1. The van der Waals surface area contributed by atoms with Crippen molar-refractivity contribution in [2.75, 3.05) is 5.32 Å². The zero-order valence-corrected chi connectivity index (χ0v) is 7.79. The van der Waals surface area contributed by atoms with Crippen LogP contribution in [0.4, 0.5) is 5.95 Å². The van der Waals surface area contributed by atoms with Gasteiger partial charge in [0.2, 0.25) is 11.9 Å². The van der Waals surface area contributed by atoms with E-state index >= 15 is 0 Å². The van der Waals surface area contributed by atoms with Crippen LogP contribution in [0.25, 0.3) is 0 Å². The number of terminal acetylenes is 1. The highest BCUT2D eigenvalue weighted by molar-refractivity contribution is 5.88. The molecule has 5 heteroatoms. The van der Waals surface area contributed by atoms with Gasteiger partial charge in [0.05, 0.1) is 0 Å². The van der Waals surface area contributed by atoms with Crippen molar-refractivity contribution in [2.24, 2.45) is 0 Å². The average Bonchev–Trinajstić information content (AvgIpc) is 2.65. The lowest BCUT2D eigenvalue weighted by atomic mass is 10.2. The number of anilines is 1. The van der Waals surface area contributed by atoms with Crippen molar-refractivity contribution in [1.29, 1.82) is 0 Å². The third-order valence-corrected chi connectivity index (χ3v) is 1.65. The monoisotopic (exact) mass is 192 g/mol. The van der Waals surface area contributed by atoms with E-state index in [2.05, 4.69) is 26.4 Å². The summed E-state index contributed by atoms with van der Waals surface area (Å²) >= 11 is 0. The number of hydrogen-bond acceptors (Lipinski definition) is 3. The standard InChI is InChI=1S/C9H12N4O/c1-2-3-4-5-6-8(14)12-9-10-7-11-13-9/h1,7H,3-6H2,(H2,10,11,12,13,14). The highest BCUT2D eigenvalue weighted by atomic mass is 16.1. The first-order valence-electron chi connectivity index (χ1n) is 4.41. The zero-order valence-electron chi connectivity index (χ0n) is 7.79. The Balaban J connectivity index is 2.14. The first kappa shape index (κ1) is 10.3. The number of nitrogens with one attached hydrogen (secondary N) is 2. The number of carbonyl (C=O) groups excluding carboxylic acids is 1. The molecule has 0 aromatic carbocycles. The predicted octanol–water partition coefficient (Wildman–Crippen LogP) is 0.937. The van der Waals surface area contributed by atoms with Crippen LogP contribution < -0.4 is 5.32 Å². The number of amides is 1. The molecule has 0 bridgehead atoms. The molecule has 0 aliphatic carbocycles. The molecule has 1 amide bonds. The summed E-state index contributed by atoms with van der Waals surface area (Å²) in [7, 11) is 0. The van der Waals surface area contributed by atoms with Gasteiger partial charge in [0.1, 0.15) is 6.33 Å². The minimum Gasteiger partial charge on any atom is -0.295 e. The van der Waals surface area contributed by atoms with E-state index in [1.807, 2.05) is 0 Å². The van der Waals surface area contributed by atoms with Crippen LogP contribution in [-0.4, -0.2) is 21.1 Å². The normalized spacial score (nSPS) is 9.36. The third-order valence-electron chi connectivity index (χ3n) is 1.65. The lowest BCUT2D eigenvalue weighted by molar-refractivity contribution is -0.116. The smallest absolute Gasteiger partial charge is 0.226 e. The van der Waals surface area contributed by atoms with Crippen LogP contribution in [0.3, 0.4) is 0 Å². The fourth-order valence-electron chi connectivity index (χ4n) is 0.973. The average molecular weight is 192 g/mol. The number of nitrogens with zero attached hydrogens (tertiary/aromatic N) is 2. The Morgan fingerprint density at radius 2 is 2.50 bits per heavy atom. The Hall–Kier alpha value is -1.83. The molecule has 0 aliphatic rings. The largest absolute Gasteiger partial charge is 0.295 e. The van der Waals surface area contributed by atoms with Crippen LogP contribution in [-0.2, 0) is 4.79 Å². The molecule has 0 radical (unpaired) electrons. The number of unbranched alkanes of at least 4 members (excludes halogenated alkanes) is 2. The van der Waals surface area contributed by atoms with Crippen LogP contribution in [0.1, 0.15) is 25.7 Å². The second-order valence-corrected chi connectivity index (χ2v) is 2.79. The summed E-state index contributed by atoms with van der Waals surface area (Å²) in [5.41, 5.74) is 0. The summed E-state index contributed by atoms with van der Waals surface area (Å²) in [6.07, 6.45) is 9.27. The molecule has 1 rings (SSSR count). The van der Waals surface area contributed by atoms with Crippen molar-refractivity contribution in [3.63, 3.8) is 0 Å². The third kappa shape index (κ3) is 3.72. The molecule has 1 heterocycles. The van der Waals surface area contributed by atoms with Crippen molar-refractivity contribution in [2.45, 2.75) is 25.7 Å². The van der Waals surface area contributed by atoms with E-state index in [1.54, 1.807) is 0 Å². The van der Waals surface area contributed by atoms with Crippen molar-refractivity contribution in [3.05, 3.63) is 6.33 Å². The quantitative estimate of drug-likeness (QED) is 0.538. The first-order chi connectivity index (χ1) is 6.83. The van der Waals surface area contributed by atoms with Gasteiger partial charge >= 0.3 is 0 Å². The van der Waals surface area contributed by atoms with E-state index in [0.717, 1.165) is 19.3 Å². The van der Waals surface area contributed by atoms with Crippen LogP contribution >= 0.6 is 0 Å². The maximum atomic E-state index is 11.2. The molecule has 2 N–H and O–H groups in total. The topological polar surface area (TPSA) is 70.7 Å². The highest BCUT2D eigenvalue weighted by Gasteiger charge is 2.02. The van der Waals surface area contributed by atoms with Gasteiger partial charge in [0.25, 0.3) is 0 Å². The van der Waals surface area contributed by atoms with Gasteiger partial charge in [-0.25, -0.2) is 5.10 Å². The molecule has 14 heavy (non-hydrogen) atoms. The summed E-state index contributed by atoms with van der Waals surface area (Å²) in [5.74, 6) is 2.84. The van der Waals surface area contributed by atoms with Gasteiger partial charge in [-0.2, -0.15) is 10.1 Å². The Morgan fingerprint density at radius 3 is 3.14 bits per heavy atom. The van der Waals surface area contributed by atoms with Crippen LogP contribution in [0.15, 0.2) is 6.33 Å². The highest BCUT2D eigenvalue weighted by Crippen LogP contribution is 2.01. The molecular formula is C9H12N4O. The predicted molar refractivity (Wildman–Crippen MR) is 52.3 cm³/mol. The van der Waals surface area contributed by atoms with Crippen LogP contribution in [0.2, 0.25) is 0 Å².